The zero-order chi connectivity index (χ0) is 13.7. The van der Waals surface area contributed by atoms with E-state index >= 15 is 0 Å². The number of ether oxygens (including phenoxy) is 1. The third-order valence-corrected chi connectivity index (χ3v) is 2.26. The molecule has 0 saturated heterocycles. The molecule has 0 radical (unpaired) electrons. The second kappa shape index (κ2) is 5.97. The Labute approximate surface area is 104 Å². The molecule has 0 aliphatic heterocycles. The van der Waals surface area contributed by atoms with Gasteiger partial charge in [-0.25, -0.2) is 5.06 Å². The van der Waals surface area contributed by atoms with Crippen LogP contribution < -0.4 is 4.74 Å². The van der Waals surface area contributed by atoms with Gasteiger partial charge in [0.25, 0.3) is 5.91 Å². The average molecular weight is 254 g/mol. The lowest BCUT2D eigenvalue weighted by Gasteiger charge is -2.13. The van der Waals surface area contributed by atoms with Crippen LogP contribution in [0.5, 0.6) is 5.75 Å². The predicted molar refractivity (Wildman–Crippen MR) is 63.4 cm³/mol. The fraction of sp³-hybridized carbons (Fsp3) is 0.364. The Kier molecular flexibility index (Phi) is 4.61. The van der Waals surface area contributed by atoms with E-state index in [1.807, 2.05) is 0 Å². The van der Waals surface area contributed by atoms with Crippen LogP contribution in [-0.2, 0) is 4.84 Å². The molecule has 0 bridgehead atoms. The van der Waals surface area contributed by atoms with Gasteiger partial charge in [-0.15, -0.1) is 0 Å². The molecule has 1 rings (SSSR count). The molecular formula is C11H14N2O5. The van der Waals surface area contributed by atoms with Crippen LogP contribution >= 0.6 is 0 Å². The molecule has 0 N–H and O–H groups in total. The zero-order valence-electron chi connectivity index (χ0n) is 10.4. The van der Waals surface area contributed by atoms with Crippen molar-refractivity contribution in [3.63, 3.8) is 0 Å². The molecule has 1 amide bonds. The molecule has 7 nitrogen and oxygen atoms in total. The second-order valence-electron chi connectivity index (χ2n) is 3.36. The third kappa shape index (κ3) is 2.95. The van der Waals surface area contributed by atoms with E-state index in [1.165, 1.54) is 32.4 Å². The second-order valence-corrected chi connectivity index (χ2v) is 3.36. The lowest BCUT2D eigenvalue weighted by molar-refractivity contribution is -0.385. The molecule has 0 heterocycles. The molecule has 98 valence electrons. The fourth-order valence-electron chi connectivity index (χ4n) is 1.34. The number of hydroxylamine groups is 2. The summed E-state index contributed by atoms with van der Waals surface area (Å²) in [4.78, 5) is 26.8. The van der Waals surface area contributed by atoms with Crippen LogP contribution in [0.2, 0.25) is 0 Å². The van der Waals surface area contributed by atoms with Crippen LogP contribution in [0.4, 0.5) is 5.69 Å². The van der Waals surface area contributed by atoms with Crippen molar-refractivity contribution in [2.24, 2.45) is 0 Å². The van der Waals surface area contributed by atoms with E-state index in [-0.39, 0.29) is 17.0 Å². The molecule has 0 unspecified atom stereocenters. The standard InChI is InChI=1S/C11H14N2O5/c1-4-18-10-6-5-8(7-9(10)13(15)16)11(14)12(2)17-3/h5-7H,4H2,1-3H3. The number of carbonyl (C=O) groups excluding carboxylic acids is 1. The van der Waals surface area contributed by atoms with Crippen LogP contribution in [0.25, 0.3) is 0 Å². The average Bonchev–Trinajstić information content (AvgIpc) is 2.37. The van der Waals surface area contributed by atoms with Crippen molar-refractivity contribution >= 4 is 11.6 Å². The Balaban J connectivity index is 3.14. The number of nitro benzene ring substituents is 1. The number of amides is 1. The summed E-state index contributed by atoms with van der Waals surface area (Å²) in [5.74, 6) is -0.331. The summed E-state index contributed by atoms with van der Waals surface area (Å²) < 4.78 is 5.12. The zero-order valence-corrected chi connectivity index (χ0v) is 10.4. The van der Waals surface area contributed by atoms with Gasteiger partial charge in [0.15, 0.2) is 5.75 Å². The first-order valence-electron chi connectivity index (χ1n) is 5.24. The summed E-state index contributed by atoms with van der Waals surface area (Å²) in [6.07, 6.45) is 0. The van der Waals surface area contributed by atoms with Crippen molar-refractivity contribution in [3.8, 4) is 5.75 Å². The third-order valence-electron chi connectivity index (χ3n) is 2.26. The number of nitrogens with zero attached hydrogens (tertiary/aromatic N) is 2. The minimum Gasteiger partial charge on any atom is -0.487 e. The van der Waals surface area contributed by atoms with E-state index in [4.69, 9.17) is 9.57 Å². The highest BCUT2D eigenvalue weighted by atomic mass is 16.7. The van der Waals surface area contributed by atoms with E-state index in [1.54, 1.807) is 6.92 Å². The van der Waals surface area contributed by atoms with Crippen molar-refractivity contribution < 1.29 is 19.3 Å². The molecule has 1 aromatic rings. The van der Waals surface area contributed by atoms with Crippen LogP contribution in [0.3, 0.4) is 0 Å². The quantitative estimate of drug-likeness (QED) is 0.589. The van der Waals surface area contributed by atoms with Crippen molar-refractivity contribution in [2.45, 2.75) is 6.92 Å². The Bertz CT molecular complexity index is 461. The fourth-order valence-corrected chi connectivity index (χ4v) is 1.34. The smallest absolute Gasteiger partial charge is 0.311 e. The van der Waals surface area contributed by atoms with Gasteiger partial charge in [-0.05, 0) is 19.1 Å². The van der Waals surface area contributed by atoms with Gasteiger partial charge in [0.05, 0.1) is 18.6 Å². The maximum Gasteiger partial charge on any atom is 0.311 e. The van der Waals surface area contributed by atoms with E-state index in [9.17, 15) is 14.9 Å². The maximum absolute atomic E-state index is 11.8. The van der Waals surface area contributed by atoms with E-state index < -0.39 is 10.8 Å². The first-order chi connectivity index (χ1) is 8.51. The normalized spacial score (nSPS) is 9.94. The highest BCUT2D eigenvalue weighted by molar-refractivity contribution is 5.94. The summed E-state index contributed by atoms with van der Waals surface area (Å²) in [7, 11) is 2.76. The molecule has 0 spiro atoms. The molecule has 0 aromatic heterocycles. The molecule has 0 aliphatic rings. The molecule has 0 saturated carbocycles. The molecule has 18 heavy (non-hydrogen) atoms. The maximum atomic E-state index is 11.8. The van der Waals surface area contributed by atoms with Gasteiger partial charge in [-0.2, -0.15) is 0 Å². The molecule has 0 aliphatic carbocycles. The molecule has 0 fully saturated rings. The van der Waals surface area contributed by atoms with Gasteiger partial charge < -0.3 is 4.74 Å². The van der Waals surface area contributed by atoms with Crippen LogP contribution in [0.1, 0.15) is 17.3 Å². The SMILES string of the molecule is CCOc1ccc(C(=O)N(C)OC)cc1[N+](=O)[O-]. The monoisotopic (exact) mass is 254 g/mol. The van der Waals surface area contributed by atoms with E-state index in [2.05, 4.69) is 0 Å². The minimum absolute atomic E-state index is 0.138. The summed E-state index contributed by atoms with van der Waals surface area (Å²) >= 11 is 0. The van der Waals surface area contributed by atoms with Gasteiger partial charge in [0.2, 0.25) is 0 Å². The molecular weight excluding hydrogens is 240 g/mol. The van der Waals surface area contributed by atoms with E-state index in [0.29, 0.717) is 6.61 Å². The number of hydrogen-bond acceptors (Lipinski definition) is 5. The minimum atomic E-state index is -0.589. The van der Waals surface area contributed by atoms with Gasteiger partial charge in [0.1, 0.15) is 0 Å². The first kappa shape index (κ1) is 13.9. The van der Waals surface area contributed by atoms with Gasteiger partial charge >= 0.3 is 5.69 Å². The van der Waals surface area contributed by atoms with Crippen LogP contribution in [0, 0.1) is 10.1 Å². The largest absolute Gasteiger partial charge is 0.487 e. The molecule has 1 aromatic carbocycles. The predicted octanol–water partition coefficient (Wildman–Crippen LogP) is 1.63. The Morgan fingerprint density at radius 3 is 2.67 bits per heavy atom. The number of hydrogen-bond donors (Lipinski definition) is 0. The summed E-state index contributed by atoms with van der Waals surface area (Å²) in [5, 5.41) is 11.9. The summed E-state index contributed by atoms with van der Waals surface area (Å²) in [5.41, 5.74) is -0.0818. The Hall–Kier alpha value is -2.15. The number of carbonyl (C=O) groups is 1. The molecule has 7 heteroatoms. The Morgan fingerprint density at radius 1 is 1.50 bits per heavy atom. The van der Waals surface area contributed by atoms with Gasteiger partial charge in [-0.1, -0.05) is 0 Å². The highest BCUT2D eigenvalue weighted by Crippen LogP contribution is 2.28. The van der Waals surface area contributed by atoms with Crippen molar-refractivity contribution in [1.82, 2.24) is 5.06 Å². The van der Waals surface area contributed by atoms with Crippen LogP contribution in [-0.4, -0.2) is 36.7 Å². The van der Waals surface area contributed by atoms with Gasteiger partial charge in [0, 0.05) is 18.7 Å². The Morgan fingerprint density at radius 2 is 2.17 bits per heavy atom. The van der Waals surface area contributed by atoms with Crippen LogP contribution in [0.15, 0.2) is 18.2 Å². The van der Waals surface area contributed by atoms with Crippen molar-refractivity contribution in [3.05, 3.63) is 33.9 Å². The number of benzene rings is 1. The topological polar surface area (TPSA) is 81.9 Å². The van der Waals surface area contributed by atoms with Crippen molar-refractivity contribution in [1.29, 1.82) is 0 Å². The van der Waals surface area contributed by atoms with E-state index in [0.717, 1.165) is 5.06 Å². The number of nitro groups is 1. The van der Waals surface area contributed by atoms with Crippen molar-refractivity contribution in [2.75, 3.05) is 20.8 Å². The lowest BCUT2D eigenvalue weighted by atomic mass is 10.1. The highest BCUT2D eigenvalue weighted by Gasteiger charge is 2.20. The summed E-state index contributed by atoms with van der Waals surface area (Å²) in [6.45, 7) is 2.04. The summed E-state index contributed by atoms with van der Waals surface area (Å²) in [6, 6.07) is 4.02. The first-order valence-corrected chi connectivity index (χ1v) is 5.24. The molecule has 0 atom stereocenters. The van der Waals surface area contributed by atoms with Gasteiger partial charge in [-0.3, -0.25) is 19.7 Å². The number of rotatable bonds is 5. The lowest BCUT2D eigenvalue weighted by Crippen LogP contribution is -2.25.